The maximum atomic E-state index is 13.7. The summed E-state index contributed by atoms with van der Waals surface area (Å²) in [7, 11) is 2.04. The maximum Gasteiger partial charge on any atom is 0.408 e. The number of likely N-dealkylation sites (N-methyl/N-ethyl adjacent to an activating group) is 1. The van der Waals surface area contributed by atoms with Gasteiger partial charge in [-0.3, -0.25) is 14.4 Å². The molecule has 1 aliphatic carbocycles. The lowest BCUT2D eigenvalue weighted by molar-refractivity contribution is -0.138. The van der Waals surface area contributed by atoms with Crippen LogP contribution >= 0.6 is 0 Å². The predicted molar refractivity (Wildman–Crippen MR) is 169 cm³/mol. The average molecular weight is 600 g/mol. The minimum absolute atomic E-state index is 0.0299. The number of anilines is 1. The molecule has 0 unspecified atom stereocenters. The van der Waals surface area contributed by atoms with Crippen LogP contribution in [-0.2, 0) is 19.1 Å². The third-order valence-electron chi connectivity index (χ3n) is 8.49. The fourth-order valence-corrected chi connectivity index (χ4v) is 6.01. The zero-order valence-electron chi connectivity index (χ0n) is 27.0. The SMILES string of the molecule is CCC(=O)N[C@@H](C(=O)N1CCN(C)CC1)[C@@H](CC)c1ccc(NC(=O)[C@@H](NC(=O)OC(C)(C)C)C2CCCCCC2)cc1. The molecule has 240 valence electrons. The minimum atomic E-state index is -0.703. The summed E-state index contributed by atoms with van der Waals surface area (Å²) in [5.74, 6) is -0.673. The second kappa shape index (κ2) is 16.1. The van der Waals surface area contributed by atoms with Gasteiger partial charge in [0, 0.05) is 44.2 Å². The number of nitrogens with zero attached hydrogens (tertiary/aromatic N) is 2. The molecule has 0 spiro atoms. The Morgan fingerprint density at radius 1 is 0.907 bits per heavy atom. The highest BCUT2D eigenvalue weighted by molar-refractivity contribution is 5.97. The molecular weight excluding hydrogens is 546 g/mol. The topological polar surface area (TPSA) is 120 Å². The number of carbonyl (C=O) groups excluding carboxylic acids is 4. The van der Waals surface area contributed by atoms with Crippen molar-refractivity contribution in [2.45, 2.75) is 110 Å². The van der Waals surface area contributed by atoms with Gasteiger partial charge in [0.1, 0.15) is 17.7 Å². The Hall–Kier alpha value is -3.14. The lowest BCUT2D eigenvalue weighted by Crippen LogP contribution is -2.56. The number of carbonyl (C=O) groups is 4. The van der Waals surface area contributed by atoms with Gasteiger partial charge in [0.05, 0.1) is 0 Å². The molecule has 1 aliphatic heterocycles. The predicted octanol–water partition coefficient (Wildman–Crippen LogP) is 4.65. The van der Waals surface area contributed by atoms with Gasteiger partial charge in [0.25, 0.3) is 0 Å². The highest BCUT2D eigenvalue weighted by Crippen LogP contribution is 2.29. The molecule has 1 saturated heterocycles. The van der Waals surface area contributed by atoms with Crippen LogP contribution in [0.25, 0.3) is 0 Å². The molecule has 3 atom stereocenters. The van der Waals surface area contributed by atoms with Crippen LogP contribution in [0, 0.1) is 5.92 Å². The number of hydrogen-bond donors (Lipinski definition) is 3. The fraction of sp³-hybridized carbons (Fsp3) is 0.697. The zero-order valence-corrected chi connectivity index (χ0v) is 27.0. The van der Waals surface area contributed by atoms with E-state index >= 15 is 0 Å². The van der Waals surface area contributed by atoms with E-state index in [-0.39, 0.29) is 29.6 Å². The summed E-state index contributed by atoms with van der Waals surface area (Å²) in [4.78, 5) is 56.4. The van der Waals surface area contributed by atoms with Gasteiger partial charge < -0.3 is 30.5 Å². The second-order valence-corrected chi connectivity index (χ2v) is 13.0. The van der Waals surface area contributed by atoms with Crippen molar-refractivity contribution >= 4 is 29.5 Å². The number of ether oxygens (including phenoxy) is 1. The van der Waals surface area contributed by atoms with Crippen LogP contribution in [0.3, 0.4) is 0 Å². The Balaban J connectivity index is 1.77. The molecule has 1 saturated carbocycles. The molecule has 2 fully saturated rings. The second-order valence-electron chi connectivity index (χ2n) is 13.0. The van der Waals surface area contributed by atoms with E-state index in [1.807, 2.05) is 43.1 Å². The Labute approximate surface area is 257 Å². The lowest BCUT2D eigenvalue weighted by atomic mass is 9.87. The van der Waals surface area contributed by atoms with Gasteiger partial charge in [0.15, 0.2) is 0 Å². The van der Waals surface area contributed by atoms with E-state index in [0.29, 0.717) is 31.6 Å². The molecule has 10 heteroatoms. The van der Waals surface area contributed by atoms with Crippen molar-refractivity contribution in [1.29, 1.82) is 0 Å². The van der Waals surface area contributed by atoms with Crippen LogP contribution < -0.4 is 16.0 Å². The quantitative estimate of drug-likeness (QED) is 0.337. The van der Waals surface area contributed by atoms with Gasteiger partial charge >= 0.3 is 6.09 Å². The van der Waals surface area contributed by atoms with Crippen LogP contribution in [0.1, 0.15) is 97.5 Å². The number of rotatable bonds is 10. The first-order chi connectivity index (χ1) is 20.4. The Morgan fingerprint density at radius 3 is 2.05 bits per heavy atom. The first-order valence-corrected chi connectivity index (χ1v) is 16.1. The zero-order chi connectivity index (χ0) is 31.6. The fourth-order valence-electron chi connectivity index (χ4n) is 6.01. The van der Waals surface area contributed by atoms with Gasteiger partial charge in [-0.1, -0.05) is 51.7 Å². The Kier molecular flexibility index (Phi) is 12.8. The molecule has 3 rings (SSSR count). The molecule has 43 heavy (non-hydrogen) atoms. The molecule has 2 aliphatic rings. The smallest absolute Gasteiger partial charge is 0.408 e. The molecule has 0 radical (unpaired) electrons. The van der Waals surface area contributed by atoms with Gasteiger partial charge in [-0.05, 0) is 70.7 Å². The first kappa shape index (κ1) is 34.4. The number of alkyl carbamates (subject to hydrolysis) is 1. The van der Waals surface area contributed by atoms with E-state index in [1.165, 1.54) is 0 Å². The van der Waals surface area contributed by atoms with E-state index in [0.717, 1.165) is 57.2 Å². The third-order valence-corrected chi connectivity index (χ3v) is 8.49. The molecular formula is C33H53N5O5. The summed E-state index contributed by atoms with van der Waals surface area (Å²) in [6.45, 7) is 12.1. The lowest BCUT2D eigenvalue weighted by Gasteiger charge is -2.37. The Bertz CT molecular complexity index is 1070. The van der Waals surface area contributed by atoms with Gasteiger partial charge in [-0.25, -0.2) is 4.79 Å². The molecule has 1 aromatic carbocycles. The molecule has 1 heterocycles. The monoisotopic (exact) mass is 599 g/mol. The van der Waals surface area contributed by atoms with Crippen molar-refractivity contribution in [1.82, 2.24) is 20.4 Å². The standard InChI is InChI=1S/C33H53N5O5/c1-7-26(29(35-27(39)8-2)31(41)38-21-19-37(6)20-22-38)23-15-17-25(18-16-23)34-30(40)28(24-13-11-9-10-12-14-24)36-32(42)43-33(3,4)5/h15-18,24,26,28-29H,7-14,19-22H2,1-6H3,(H,34,40)(H,35,39)(H,36,42)/t26-,28-,29+/m0/s1. The van der Waals surface area contributed by atoms with Crippen molar-refractivity contribution in [2.75, 3.05) is 38.5 Å². The van der Waals surface area contributed by atoms with E-state index < -0.39 is 23.8 Å². The van der Waals surface area contributed by atoms with E-state index in [4.69, 9.17) is 4.74 Å². The normalized spacial score (nSPS) is 19.0. The van der Waals surface area contributed by atoms with E-state index in [9.17, 15) is 19.2 Å². The summed E-state index contributed by atoms with van der Waals surface area (Å²) in [5, 5.41) is 8.86. The van der Waals surface area contributed by atoms with Gasteiger partial charge in [-0.2, -0.15) is 0 Å². The third kappa shape index (κ3) is 10.5. The first-order valence-electron chi connectivity index (χ1n) is 16.1. The van der Waals surface area contributed by atoms with Crippen molar-refractivity contribution in [3.63, 3.8) is 0 Å². The number of piperazine rings is 1. The summed E-state index contributed by atoms with van der Waals surface area (Å²) in [5.41, 5.74) is 0.852. The molecule has 4 amide bonds. The van der Waals surface area contributed by atoms with Crippen molar-refractivity contribution in [3.05, 3.63) is 29.8 Å². The van der Waals surface area contributed by atoms with Crippen LogP contribution in [0.15, 0.2) is 24.3 Å². The molecule has 0 aromatic heterocycles. The molecule has 0 bridgehead atoms. The highest BCUT2D eigenvalue weighted by Gasteiger charge is 2.35. The van der Waals surface area contributed by atoms with Gasteiger partial charge in [-0.15, -0.1) is 0 Å². The van der Waals surface area contributed by atoms with Gasteiger partial charge in [0.2, 0.25) is 17.7 Å². The summed E-state index contributed by atoms with van der Waals surface area (Å²) in [6, 6.07) is 6.10. The number of nitrogens with one attached hydrogen (secondary N) is 3. The van der Waals surface area contributed by atoms with Crippen molar-refractivity contribution in [3.8, 4) is 0 Å². The summed E-state index contributed by atoms with van der Waals surface area (Å²) < 4.78 is 5.48. The van der Waals surface area contributed by atoms with Crippen molar-refractivity contribution < 1.29 is 23.9 Å². The minimum Gasteiger partial charge on any atom is -0.444 e. The van der Waals surface area contributed by atoms with E-state index in [1.54, 1.807) is 27.7 Å². The Morgan fingerprint density at radius 2 is 1.51 bits per heavy atom. The highest BCUT2D eigenvalue weighted by atomic mass is 16.6. The number of hydrogen-bond acceptors (Lipinski definition) is 6. The largest absolute Gasteiger partial charge is 0.444 e. The maximum absolute atomic E-state index is 13.7. The molecule has 3 N–H and O–H groups in total. The molecule has 10 nitrogen and oxygen atoms in total. The summed E-state index contributed by atoms with van der Waals surface area (Å²) in [6.07, 6.45) is 6.43. The van der Waals surface area contributed by atoms with Crippen LogP contribution in [-0.4, -0.2) is 84.5 Å². The van der Waals surface area contributed by atoms with Crippen LogP contribution in [0.5, 0.6) is 0 Å². The van der Waals surface area contributed by atoms with E-state index in [2.05, 4.69) is 20.9 Å². The number of benzene rings is 1. The van der Waals surface area contributed by atoms with Crippen LogP contribution in [0.4, 0.5) is 10.5 Å². The average Bonchev–Trinajstić information content (AvgIpc) is 3.25. The molecule has 1 aromatic rings. The van der Waals surface area contributed by atoms with Crippen LogP contribution in [0.2, 0.25) is 0 Å². The van der Waals surface area contributed by atoms with Crippen molar-refractivity contribution in [2.24, 2.45) is 5.92 Å². The summed E-state index contributed by atoms with van der Waals surface area (Å²) >= 11 is 0. The number of amides is 4.